The van der Waals surface area contributed by atoms with Gasteiger partial charge in [0, 0.05) is 23.8 Å². The van der Waals surface area contributed by atoms with Crippen molar-refractivity contribution < 1.29 is 36.9 Å². The van der Waals surface area contributed by atoms with Crippen LogP contribution in [-0.2, 0) is 0 Å². The summed E-state index contributed by atoms with van der Waals surface area (Å²) >= 11 is 0. The monoisotopic (exact) mass is 540 g/mol. The molecule has 1 amide bonds. The first-order valence-electron chi connectivity index (χ1n) is 11.9. The van der Waals surface area contributed by atoms with E-state index in [2.05, 4.69) is 20.3 Å². The number of nitrogens with one attached hydrogen (secondary N) is 1. The minimum Gasteiger partial charge on any atom is -0.493 e. The maximum Gasteiger partial charge on any atom is 0.422 e. The number of hydrogen-bond acceptors (Lipinski definition) is 8. The SMILES string of the molecule is COc1cc2nccc(Oc3ccc(NC(=O)c4cc(C5CC5)cnc4OCC(F)(F)F)nc3)c2cc1OC. The lowest BCUT2D eigenvalue weighted by Crippen LogP contribution is -2.22. The van der Waals surface area contributed by atoms with Crippen LogP contribution in [0.15, 0.2) is 55.0 Å². The van der Waals surface area contributed by atoms with Crippen molar-refractivity contribution in [1.82, 2.24) is 15.0 Å². The fraction of sp³-hybridized carbons (Fsp3) is 0.259. The molecule has 0 saturated heterocycles. The van der Waals surface area contributed by atoms with E-state index in [1.54, 1.807) is 30.5 Å². The molecule has 4 aromatic rings. The lowest BCUT2D eigenvalue weighted by Gasteiger charge is -2.14. The zero-order chi connectivity index (χ0) is 27.6. The molecule has 3 aromatic heterocycles. The summed E-state index contributed by atoms with van der Waals surface area (Å²) in [5.74, 6) is 1.22. The zero-order valence-corrected chi connectivity index (χ0v) is 20.9. The van der Waals surface area contributed by atoms with E-state index in [1.165, 1.54) is 38.7 Å². The van der Waals surface area contributed by atoms with E-state index in [-0.39, 0.29) is 17.3 Å². The number of aromatic nitrogens is 3. The number of anilines is 1. The molecule has 0 unspecified atom stereocenters. The first-order chi connectivity index (χ1) is 18.7. The second-order valence-electron chi connectivity index (χ2n) is 8.77. The predicted octanol–water partition coefficient (Wildman–Crippen LogP) is 5.91. The predicted molar refractivity (Wildman–Crippen MR) is 135 cm³/mol. The summed E-state index contributed by atoms with van der Waals surface area (Å²) in [4.78, 5) is 25.5. The number of fused-ring (bicyclic) bond motifs is 1. The Bertz CT molecular complexity index is 1510. The van der Waals surface area contributed by atoms with E-state index in [0.717, 1.165) is 18.4 Å². The van der Waals surface area contributed by atoms with Crippen molar-refractivity contribution >= 4 is 22.6 Å². The highest BCUT2D eigenvalue weighted by atomic mass is 19.4. The molecule has 39 heavy (non-hydrogen) atoms. The van der Waals surface area contributed by atoms with E-state index >= 15 is 0 Å². The van der Waals surface area contributed by atoms with Gasteiger partial charge in [0.15, 0.2) is 18.1 Å². The summed E-state index contributed by atoms with van der Waals surface area (Å²) < 4.78 is 59.6. The van der Waals surface area contributed by atoms with Crippen molar-refractivity contribution in [2.24, 2.45) is 0 Å². The molecule has 202 valence electrons. The summed E-state index contributed by atoms with van der Waals surface area (Å²) in [5.41, 5.74) is 1.31. The summed E-state index contributed by atoms with van der Waals surface area (Å²) in [6.07, 6.45) is 1.73. The van der Waals surface area contributed by atoms with Crippen LogP contribution in [0.25, 0.3) is 10.9 Å². The van der Waals surface area contributed by atoms with Crippen molar-refractivity contribution in [3.63, 3.8) is 0 Å². The Morgan fingerprint density at radius 2 is 1.74 bits per heavy atom. The van der Waals surface area contributed by atoms with Crippen molar-refractivity contribution in [2.75, 3.05) is 26.1 Å². The normalized spacial score (nSPS) is 13.2. The summed E-state index contributed by atoms with van der Waals surface area (Å²) in [6, 6.07) is 9.79. The molecule has 9 nitrogen and oxygen atoms in total. The van der Waals surface area contributed by atoms with Gasteiger partial charge in [-0.2, -0.15) is 13.2 Å². The van der Waals surface area contributed by atoms with Crippen LogP contribution in [0.2, 0.25) is 0 Å². The van der Waals surface area contributed by atoms with Gasteiger partial charge in [-0.15, -0.1) is 0 Å². The Kier molecular flexibility index (Phi) is 7.09. The fourth-order valence-electron chi connectivity index (χ4n) is 3.90. The fourth-order valence-corrected chi connectivity index (χ4v) is 3.90. The number of pyridine rings is 3. The van der Waals surface area contributed by atoms with Crippen LogP contribution in [0.1, 0.15) is 34.7 Å². The van der Waals surface area contributed by atoms with Gasteiger partial charge in [0.1, 0.15) is 22.9 Å². The van der Waals surface area contributed by atoms with E-state index < -0.39 is 24.6 Å². The smallest absolute Gasteiger partial charge is 0.422 e. The second-order valence-corrected chi connectivity index (χ2v) is 8.77. The average molecular weight is 540 g/mol. The van der Waals surface area contributed by atoms with Gasteiger partial charge in [0.05, 0.1) is 25.9 Å². The van der Waals surface area contributed by atoms with Crippen LogP contribution in [0.3, 0.4) is 0 Å². The number of methoxy groups -OCH3 is 2. The maximum absolute atomic E-state index is 13.0. The Labute approximate surface area is 220 Å². The van der Waals surface area contributed by atoms with Gasteiger partial charge in [0.2, 0.25) is 5.88 Å². The molecule has 0 radical (unpaired) electrons. The summed E-state index contributed by atoms with van der Waals surface area (Å²) in [7, 11) is 3.06. The van der Waals surface area contributed by atoms with Gasteiger partial charge in [-0.1, -0.05) is 0 Å². The van der Waals surface area contributed by atoms with Crippen molar-refractivity contribution in [1.29, 1.82) is 0 Å². The molecule has 5 rings (SSSR count). The number of rotatable bonds is 9. The van der Waals surface area contributed by atoms with E-state index in [1.807, 2.05) is 0 Å². The lowest BCUT2D eigenvalue weighted by molar-refractivity contribution is -0.154. The van der Waals surface area contributed by atoms with E-state index in [4.69, 9.17) is 18.9 Å². The standard InChI is InChI=1S/C27H23F3N4O5/c1-36-22-10-18-20(11-23(22)37-2)31-8-7-21(18)39-17-5-6-24(32-13-17)34-25(35)19-9-16(15-3-4-15)12-33-26(19)38-14-27(28,29)30/h5-13,15H,3-4,14H2,1-2H3,(H,32,34,35). The second kappa shape index (κ2) is 10.6. The highest BCUT2D eigenvalue weighted by molar-refractivity contribution is 6.05. The average Bonchev–Trinajstić information content (AvgIpc) is 3.77. The first-order valence-corrected chi connectivity index (χ1v) is 11.9. The van der Waals surface area contributed by atoms with Gasteiger partial charge in [0.25, 0.3) is 5.91 Å². The van der Waals surface area contributed by atoms with Crippen LogP contribution >= 0.6 is 0 Å². The van der Waals surface area contributed by atoms with Crippen LogP contribution in [0.5, 0.6) is 28.9 Å². The lowest BCUT2D eigenvalue weighted by atomic mass is 10.1. The number of alkyl halides is 3. The first kappa shape index (κ1) is 26.0. The molecule has 1 N–H and O–H groups in total. The molecule has 1 fully saturated rings. The third-order valence-corrected chi connectivity index (χ3v) is 5.95. The van der Waals surface area contributed by atoms with Crippen LogP contribution < -0.4 is 24.3 Å². The number of ether oxygens (including phenoxy) is 4. The number of carbonyl (C=O) groups is 1. The topological polar surface area (TPSA) is 105 Å². The Morgan fingerprint density at radius 1 is 0.974 bits per heavy atom. The number of amides is 1. The Morgan fingerprint density at radius 3 is 2.41 bits per heavy atom. The van der Waals surface area contributed by atoms with Gasteiger partial charge < -0.3 is 24.3 Å². The maximum atomic E-state index is 13.0. The summed E-state index contributed by atoms with van der Waals surface area (Å²) in [5, 5.41) is 3.27. The molecule has 1 aliphatic carbocycles. The van der Waals surface area contributed by atoms with Gasteiger partial charge >= 0.3 is 6.18 Å². The number of halogens is 3. The van der Waals surface area contributed by atoms with Crippen LogP contribution in [-0.4, -0.2) is 47.9 Å². The molecule has 1 aromatic carbocycles. The van der Waals surface area contributed by atoms with E-state index in [9.17, 15) is 18.0 Å². The molecule has 12 heteroatoms. The number of hydrogen-bond donors (Lipinski definition) is 1. The van der Waals surface area contributed by atoms with Crippen molar-refractivity contribution in [3.8, 4) is 28.9 Å². The molecule has 0 atom stereocenters. The Balaban J connectivity index is 1.33. The van der Waals surface area contributed by atoms with Gasteiger partial charge in [-0.05, 0) is 54.7 Å². The largest absolute Gasteiger partial charge is 0.493 e. The minimum atomic E-state index is -4.57. The highest BCUT2D eigenvalue weighted by Gasteiger charge is 2.31. The molecule has 1 aliphatic rings. The molecule has 0 spiro atoms. The van der Waals surface area contributed by atoms with Crippen LogP contribution in [0.4, 0.5) is 19.0 Å². The van der Waals surface area contributed by atoms with Gasteiger partial charge in [-0.25, -0.2) is 9.97 Å². The van der Waals surface area contributed by atoms with E-state index in [0.29, 0.717) is 33.9 Å². The molecule has 0 aliphatic heterocycles. The third-order valence-electron chi connectivity index (χ3n) is 5.95. The molecular formula is C27H23F3N4O5. The highest BCUT2D eigenvalue weighted by Crippen LogP contribution is 2.41. The number of carbonyl (C=O) groups excluding carboxylic acids is 1. The molecule has 0 bridgehead atoms. The summed E-state index contributed by atoms with van der Waals surface area (Å²) in [6.45, 7) is -1.56. The third kappa shape index (κ3) is 6.11. The minimum absolute atomic E-state index is 0.0987. The van der Waals surface area contributed by atoms with Gasteiger partial charge in [-0.3, -0.25) is 9.78 Å². The molecular weight excluding hydrogens is 517 g/mol. The molecule has 1 saturated carbocycles. The molecule has 3 heterocycles. The van der Waals surface area contributed by atoms with Crippen molar-refractivity contribution in [2.45, 2.75) is 24.9 Å². The van der Waals surface area contributed by atoms with Crippen molar-refractivity contribution in [3.05, 3.63) is 66.1 Å². The Hall–Kier alpha value is -4.61. The quantitative estimate of drug-likeness (QED) is 0.280. The van der Waals surface area contributed by atoms with Crippen LogP contribution in [0, 0.1) is 0 Å². The number of nitrogens with zero attached hydrogens (tertiary/aromatic N) is 3. The number of benzene rings is 1. The zero-order valence-electron chi connectivity index (χ0n) is 20.9.